The molecule has 31 heavy (non-hydrogen) atoms. The molecule has 1 N–H and O–H groups in total. The van der Waals surface area contributed by atoms with E-state index in [1.165, 1.54) is 12.3 Å². The molecule has 4 rings (SSSR count). The summed E-state index contributed by atoms with van der Waals surface area (Å²) in [6, 6.07) is 15.6. The van der Waals surface area contributed by atoms with Gasteiger partial charge in [-0.05, 0) is 41.5 Å². The van der Waals surface area contributed by atoms with Crippen LogP contribution in [-0.2, 0) is 16.4 Å². The summed E-state index contributed by atoms with van der Waals surface area (Å²) in [5.41, 5.74) is 3.52. The number of halogens is 1. The maximum Gasteiger partial charge on any atom is 0.253 e. The highest BCUT2D eigenvalue weighted by Crippen LogP contribution is 2.28. The lowest BCUT2D eigenvalue weighted by molar-refractivity contribution is 0.0950. The highest BCUT2D eigenvalue weighted by Gasteiger charge is 2.12. The monoisotopic (exact) mass is 451 g/mol. The van der Waals surface area contributed by atoms with Gasteiger partial charge in [0.05, 0.1) is 22.2 Å². The van der Waals surface area contributed by atoms with Gasteiger partial charge >= 0.3 is 0 Å². The highest BCUT2D eigenvalue weighted by atomic mass is 35.5. The molecule has 1 amide bonds. The lowest BCUT2D eigenvalue weighted by Crippen LogP contribution is -2.23. The molecule has 0 aliphatic carbocycles. The quantitative estimate of drug-likeness (QED) is 0.489. The molecular weight excluding hydrogens is 434 g/mol. The van der Waals surface area contributed by atoms with E-state index in [0.717, 1.165) is 22.8 Å². The van der Waals surface area contributed by atoms with Crippen LogP contribution in [0.1, 0.15) is 15.9 Å². The van der Waals surface area contributed by atoms with E-state index in [9.17, 15) is 13.2 Å². The van der Waals surface area contributed by atoms with Gasteiger partial charge in [0.1, 0.15) is 0 Å². The number of sulfone groups is 1. The van der Waals surface area contributed by atoms with Crippen LogP contribution in [0.2, 0.25) is 5.02 Å². The van der Waals surface area contributed by atoms with Crippen LogP contribution < -0.4 is 5.32 Å². The minimum absolute atomic E-state index is 0.195. The standard InChI is InChI=1S/C23H18ClN3O3S/c1-31(29,30)19-4-2-3-15(9-19)11-27-23(28)17-10-20-21(13-25-14-22(20)26-12-17)16-5-7-18(24)8-6-16/h2-10,12-14H,11H2,1H3,(H,27,28). The molecule has 2 aromatic heterocycles. The Morgan fingerprint density at radius 1 is 1.03 bits per heavy atom. The highest BCUT2D eigenvalue weighted by molar-refractivity contribution is 7.90. The van der Waals surface area contributed by atoms with Crippen LogP contribution in [0.25, 0.3) is 22.0 Å². The first-order valence-corrected chi connectivity index (χ1v) is 11.6. The SMILES string of the molecule is CS(=O)(=O)c1cccc(CNC(=O)c2cnc3cncc(-c4ccc(Cl)cc4)c3c2)c1. The van der Waals surface area contributed by atoms with Crippen LogP contribution in [0.5, 0.6) is 0 Å². The van der Waals surface area contributed by atoms with E-state index < -0.39 is 9.84 Å². The van der Waals surface area contributed by atoms with Gasteiger partial charge in [-0.3, -0.25) is 14.8 Å². The van der Waals surface area contributed by atoms with Crippen LogP contribution in [0, 0.1) is 0 Å². The van der Waals surface area contributed by atoms with Crippen molar-refractivity contribution >= 4 is 38.2 Å². The molecule has 0 atom stereocenters. The summed E-state index contributed by atoms with van der Waals surface area (Å²) in [5.74, 6) is -0.307. The number of rotatable bonds is 5. The molecule has 0 unspecified atom stereocenters. The molecule has 2 heterocycles. The van der Waals surface area contributed by atoms with E-state index in [2.05, 4.69) is 15.3 Å². The summed E-state index contributed by atoms with van der Waals surface area (Å²) in [7, 11) is -3.31. The minimum Gasteiger partial charge on any atom is -0.348 e. The van der Waals surface area contributed by atoms with Gasteiger partial charge < -0.3 is 5.32 Å². The fourth-order valence-corrected chi connectivity index (χ4v) is 4.02. The number of hydrogen-bond donors (Lipinski definition) is 1. The molecule has 2 aromatic carbocycles. The lowest BCUT2D eigenvalue weighted by atomic mass is 10.0. The van der Waals surface area contributed by atoms with Crippen molar-refractivity contribution in [2.75, 3.05) is 6.26 Å². The minimum atomic E-state index is -3.31. The molecule has 0 radical (unpaired) electrons. The van der Waals surface area contributed by atoms with Crippen LogP contribution in [0.4, 0.5) is 0 Å². The van der Waals surface area contributed by atoms with Gasteiger partial charge in [0.15, 0.2) is 9.84 Å². The van der Waals surface area contributed by atoms with E-state index in [-0.39, 0.29) is 17.3 Å². The fourth-order valence-electron chi connectivity index (χ4n) is 3.20. The maximum atomic E-state index is 12.7. The Bertz CT molecular complexity index is 1390. The maximum absolute atomic E-state index is 12.7. The zero-order chi connectivity index (χ0) is 22.0. The number of hydrogen-bond acceptors (Lipinski definition) is 5. The van der Waals surface area contributed by atoms with Gasteiger partial charge in [0.25, 0.3) is 5.91 Å². The van der Waals surface area contributed by atoms with E-state index in [1.807, 2.05) is 12.1 Å². The summed E-state index contributed by atoms with van der Waals surface area (Å²) in [5, 5.41) is 4.25. The molecule has 0 fully saturated rings. The predicted octanol–water partition coefficient (Wildman–Crippen LogP) is 4.28. The van der Waals surface area contributed by atoms with Gasteiger partial charge in [0, 0.05) is 41.2 Å². The third kappa shape index (κ3) is 4.73. The molecule has 0 aliphatic rings. The molecule has 0 saturated carbocycles. The summed E-state index contributed by atoms with van der Waals surface area (Å²) < 4.78 is 23.5. The number of aromatic nitrogens is 2. The summed E-state index contributed by atoms with van der Waals surface area (Å²) in [6.45, 7) is 0.195. The number of amides is 1. The van der Waals surface area contributed by atoms with E-state index in [4.69, 9.17) is 11.6 Å². The van der Waals surface area contributed by atoms with Crippen molar-refractivity contribution in [3.8, 4) is 11.1 Å². The van der Waals surface area contributed by atoms with Crippen molar-refractivity contribution in [2.24, 2.45) is 0 Å². The molecule has 4 aromatic rings. The van der Waals surface area contributed by atoms with E-state index >= 15 is 0 Å². The summed E-state index contributed by atoms with van der Waals surface area (Å²) in [4.78, 5) is 21.6. The number of nitrogens with zero attached hydrogens (tertiary/aromatic N) is 2. The largest absolute Gasteiger partial charge is 0.348 e. The smallest absolute Gasteiger partial charge is 0.253 e. The second kappa shape index (κ2) is 8.45. The number of nitrogens with one attached hydrogen (secondary N) is 1. The van der Waals surface area contributed by atoms with Gasteiger partial charge in [-0.1, -0.05) is 35.9 Å². The third-order valence-electron chi connectivity index (χ3n) is 4.81. The van der Waals surface area contributed by atoms with Crippen LogP contribution in [0.15, 0.2) is 78.1 Å². The molecule has 0 saturated heterocycles. The Labute approximate surface area is 184 Å². The second-order valence-corrected chi connectivity index (χ2v) is 9.54. The molecule has 6 nitrogen and oxygen atoms in total. The number of fused-ring (bicyclic) bond motifs is 1. The second-order valence-electron chi connectivity index (χ2n) is 7.09. The normalized spacial score (nSPS) is 11.4. The van der Waals surface area contributed by atoms with Gasteiger partial charge in [0.2, 0.25) is 0 Å². The Morgan fingerprint density at radius 2 is 1.81 bits per heavy atom. The Hall–Kier alpha value is -3.29. The first kappa shape index (κ1) is 21.0. The van der Waals surface area contributed by atoms with Crippen LogP contribution in [0.3, 0.4) is 0 Å². The first-order valence-electron chi connectivity index (χ1n) is 9.38. The number of carbonyl (C=O) groups is 1. The van der Waals surface area contributed by atoms with Gasteiger partial charge in [-0.25, -0.2) is 8.42 Å². The van der Waals surface area contributed by atoms with Gasteiger partial charge in [-0.15, -0.1) is 0 Å². The molecule has 0 spiro atoms. The molecule has 8 heteroatoms. The topological polar surface area (TPSA) is 89.0 Å². The van der Waals surface area contributed by atoms with Gasteiger partial charge in [-0.2, -0.15) is 0 Å². The predicted molar refractivity (Wildman–Crippen MR) is 121 cm³/mol. The Morgan fingerprint density at radius 3 is 2.55 bits per heavy atom. The zero-order valence-corrected chi connectivity index (χ0v) is 18.1. The molecule has 0 aliphatic heterocycles. The fraction of sp³-hybridized carbons (Fsp3) is 0.0870. The average molecular weight is 452 g/mol. The zero-order valence-electron chi connectivity index (χ0n) is 16.5. The molecular formula is C23H18ClN3O3S. The average Bonchev–Trinajstić information content (AvgIpc) is 2.77. The van der Waals surface area contributed by atoms with Crippen LogP contribution >= 0.6 is 11.6 Å². The van der Waals surface area contributed by atoms with Crippen LogP contribution in [-0.4, -0.2) is 30.5 Å². The molecule has 0 bridgehead atoms. The summed E-state index contributed by atoms with van der Waals surface area (Å²) in [6.07, 6.45) is 6.02. The van der Waals surface area contributed by atoms with Crippen molar-refractivity contribution < 1.29 is 13.2 Å². The van der Waals surface area contributed by atoms with Crippen molar-refractivity contribution in [3.05, 3.63) is 89.3 Å². The molecule has 156 valence electrons. The van der Waals surface area contributed by atoms with Crippen molar-refractivity contribution in [3.63, 3.8) is 0 Å². The number of benzene rings is 2. The summed E-state index contributed by atoms with van der Waals surface area (Å²) >= 11 is 5.99. The van der Waals surface area contributed by atoms with Crippen molar-refractivity contribution in [1.29, 1.82) is 0 Å². The first-order chi connectivity index (χ1) is 14.8. The Kier molecular flexibility index (Phi) is 5.71. The number of carbonyl (C=O) groups excluding carboxylic acids is 1. The lowest BCUT2D eigenvalue weighted by Gasteiger charge is -2.09. The third-order valence-corrected chi connectivity index (χ3v) is 6.17. The van der Waals surface area contributed by atoms with Crippen molar-refractivity contribution in [1.82, 2.24) is 15.3 Å². The van der Waals surface area contributed by atoms with E-state index in [0.29, 0.717) is 21.7 Å². The Balaban J connectivity index is 1.60. The van der Waals surface area contributed by atoms with Crippen molar-refractivity contribution in [2.45, 2.75) is 11.4 Å². The van der Waals surface area contributed by atoms with E-state index in [1.54, 1.807) is 48.8 Å². The number of pyridine rings is 2.